The van der Waals surface area contributed by atoms with Gasteiger partial charge in [-0.1, -0.05) is 24.3 Å². The molecule has 1 aliphatic carbocycles. The van der Waals surface area contributed by atoms with Gasteiger partial charge in [0.2, 0.25) is 5.82 Å². The molecule has 3 heterocycles. The van der Waals surface area contributed by atoms with E-state index in [0.29, 0.717) is 28.6 Å². The summed E-state index contributed by atoms with van der Waals surface area (Å²) in [4.78, 5) is 37.9. The van der Waals surface area contributed by atoms with Gasteiger partial charge in [0.25, 0.3) is 11.5 Å². The summed E-state index contributed by atoms with van der Waals surface area (Å²) in [5.74, 6) is -0.384. The van der Waals surface area contributed by atoms with Crippen LogP contribution in [0.25, 0.3) is 22.2 Å². The predicted molar refractivity (Wildman–Crippen MR) is 124 cm³/mol. The molecule has 1 aliphatic rings. The molecule has 0 radical (unpaired) electrons. The summed E-state index contributed by atoms with van der Waals surface area (Å²) in [6.07, 6.45) is 2.21. The lowest BCUT2D eigenvalue weighted by molar-refractivity contribution is -0.141. The number of nitrogens with one attached hydrogen (secondary N) is 1. The highest BCUT2D eigenvalue weighted by atomic mass is 19.4. The Bertz CT molecular complexity index is 1500. The second kappa shape index (κ2) is 8.54. The van der Waals surface area contributed by atoms with Crippen molar-refractivity contribution in [3.8, 4) is 11.1 Å². The van der Waals surface area contributed by atoms with E-state index >= 15 is 0 Å². The van der Waals surface area contributed by atoms with E-state index in [1.54, 1.807) is 41.3 Å². The number of rotatable bonds is 6. The molecule has 5 rings (SSSR count). The van der Waals surface area contributed by atoms with Gasteiger partial charge in [-0.15, -0.1) is 0 Å². The third-order valence-electron chi connectivity index (χ3n) is 6.13. The van der Waals surface area contributed by atoms with Crippen LogP contribution < -0.4 is 10.9 Å². The Morgan fingerprint density at radius 2 is 1.86 bits per heavy atom. The van der Waals surface area contributed by atoms with Crippen LogP contribution in [0.1, 0.15) is 48.9 Å². The molecule has 0 aliphatic heterocycles. The van der Waals surface area contributed by atoms with E-state index in [-0.39, 0.29) is 17.4 Å². The van der Waals surface area contributed by atoms with Crippen LogP contribution in [-0.4, -0.2) is 41.4 Å². The Morgan fingerprint density at radius 1 is 1.14 bits per heavy atom. The molecular formula is C24H22F3N7O2. The van der Waals surface area contributed by atoms with Crippen LogP contribution in [0.3, 0.4) is 0 Å². The zero-order valence-corrected chi connectivity index (χ0v) is 19.5. The number of nitrogens with zero attached hydrogens (tertiary/aromatic N) is 6. The van der Waals surface area contributed by atoms with Crippen molar-refractivity contribution in [2.75, 3.05) is 0 Å². The number of carbonyl (C=O) groups excluding carboxylic acids is 1. The van der Waals surface area contributed by atoms with Gasteiger partial charge in [0, 0.05) is 18.4 Å². The van der Waals surface area contributed by atoms with E-state index in [1.165, 1.54) is 6.20 Å². The molecule has 186 valence electrons. The zero-order chi connectivity index (χ0) is 25.7. The zero-order valence-electron chi connectivity index (χ0n) is 19.5. The van der Waals surface area contributed by atoms with Gasteiger partial charge in [-0.05, 0) is 37.8 Å². The van der Waals surface area contributed by atoms with E-state index in [1.807, 2.05) is 13.8 Å². The number of alkyl halides is 3. The number of aromatic nitrogens is 6. The largest absolute Gasteiger partial charge is 0.406 e. The van der Waals surface area contributed by atoms with Gasteiger partial charge in [-0.3, -0.25) is 14.2 Å². The maximum atomic E-state index is 13.0. The van der Waals surface area contributed by atoms with Gasteiger partial charge in [0.15, 0.2) is 5.65 Å². The molecule has 0 saturated heterocycles. The highest BCUT2D eigenvalue weighted by Crippen LogP contribution is 2.46. The van der Waals surface area contributed by atoms with Gasteiger partial charge in [-0.25, -0.2) is 19.6 Å². The second-order valence-corrected chi connectivity index (χ2v) is 9.12. The highest BCUT2D eigenvalue weighted by Gasteiger charge is 2.46. The Hall–Kier alpha value is -4.09. The first-order valence-electron chi connectivity index (χ1n) is 11.3. The van der Waals surface area contributed by atoms with Crippen molar-refractivity contribution in [3.63, 3.8) is 0 Å². The lowest BCUT2D eigenvalue weighted by Gasteiger charge is -2.18. The number of carbonyl (C=O) groups is 1. The fourth-order valence-electron chi connectivity index (χ4n) is 4.13. The molecule has 12 heteroatoms. The summed E-state index contributed by atoms with van der Waals surface area (Å²) in [6, 6.07) is 6.85. The van der Waals surface area contributed by atoms with Crippen molar-refractivity contribution in [1.29, 1.82) is 0 Å². The lowest BCUT2D eigenvalue weighted by Crippen LogP contribution is -2.36. The molecule has 4 aromatic rings. The molecule has 0 unspecified atom stereocenters. The maximum absolute atomic E-state index is 13.0. The van der Waals surface area contributed by atoms with Crippen molar-refractivity contribution < 1.29 is 18.0 Å². The molecule has 1 fully saturated rings. The van der Waals surface area contributed by atoms with Crippen LogP contribution in [0.4, 0.5) is 13.2 Å². The van der Waals surface area contributed by atoms with Gasteiger partial charge >= 0.3 is 6.18 Å². The standard InChI is InChI=1S/C24H22F3N7O2/c1-14(2)34-20-16(10-30-34)9-29-19(31-20)21(35)32-23(7-8-23)17-5-3-15(4-6-17)18-11-28-13-33(22(18)36)12-24(25,26)27/h3-6,9-11,13-14H,7-8,12H2,1-2H3,(H,32,35). The molecule has 1 aromatic carbocycles. The first kappa shape index (κ1) is 23.6. The lowest BCUT2D eigenvalue weighted by atomic mass is 10.0. The summed E-state index contributed by atoms with van der Waals surface area (Å²) in [6.45, 7) is 2.52. The molecule has 9 nitrogen and oxygen atoms in total. The van der Waals surface area contributed by atoms with E-state index < -0.39 is 29.7 Å². The average Bonchev–Trinajstić information content (AvgIpc) is 3.48. The molecule has 3 aromatic heterocycles. The molecular weight excluding hydrogens is 475 g/mol. The van der Waals surface area contributed by atoms with E-state index in [9.17, 15) is 22.8 Å². The Labute approximate surface area is 203 Å². The third kappa shape index (κ3) is 4.45. The minimum atomic E-state index is -4.53. The predicted octanol–water partition coefficient (Wildman–Crippen LogP) is 3.61. The van der Waals surface area contributed by atoms with Crippen molar-refractivity contribution >= 4 is 16.9 Å². The number of halogens is 3. The Morgan fingerprint density at radius 3 is 2.50 bits per heavy atom. The average molecular weight is 497 g/mol. The van der Waals surface area contributed by atoms with E-state index in [2.05, 4.69) is 25.4 Å². The normalized spacial score (nSPS) is 14.8. The topological polar surface area (TPSA) is 108 Å². The number of hydrogen-bond acceptors (Lipinski definition) is 6. The minimum Gasteiger partial charge on any atom is -0.340 e. The highest BCUT2D eigenvalue weighted by molar-refractivity contribution is 5.93. The fraction of sp³-hybridized carbons (Fsp3) is 0.333. The summed E-state index contributed by atoms with van der Waals surface area (Å²) in [5.41, 5.74) is 0.505. The quantitative estimate of drug-likeness (QED) is 0.436. The van der Waals surface area contributed by atoms with Gasteiger partial charge in [0.05, 0.1) is 29.0 Å². The first-order valence-corrected chi connectivity index (χ1v) is 11.3. The van der Waals surface area contributed by atoms with Crippen molar-refractivity contribution in [1.82, 2.24) is 34.6 Å². The molecule has 36 heavy (non-hydrogen) atoms. The molecule has 1 saturated carbocycles. The van der Waals surface area contributed by atoms with Crippen LogP contribution in [0.2, 0.25) is 0 Å². The van der Waals surface area contributed by atoms with Crippen molar-refractivity contribution in [3.05, 3.63) is 70.9 Å². The second-order valence-electron chi connectivity index (χ2n) is 9.12. The number of hydrogen-bond donors (Lipinski definition) is 1. The maximum Gasteiger partial charge on any atom is 0.406 e. The summed E-state index contributed by atoms with van der Waals surface area (Å²) < 4.78 is 40.5. The minimum absolute atomic E-state index is 0.0355. The fourth-order valence-corrected chi connectivity index (χ4v) is 4.13. The van der Waals surface area contributed by atoms with Crippen LogP contribution in [-0.2, 0) is 12.1 Å². The monoisotopic (exact) mass is 497 g/mol. The molecule has 1 amide bonds. The number of benzene rings is 1. The van der Waals surface area contributed by atoms with Crippen LogP contribution in [0.5, 0.6) is 0 Å². The summed E-state index contributed by atoms with van der Waals surface area (Å²) in [7, 11) is 0. The SMILES string of the molecule is CC(C)n1ncc2cnc(C(=O)NC3(c4ccc(-c5cncn(CC(F)(F)F)c5=O)cc4)CC3)nc21. The Kier molecular flexibility index (Phi) is 5.61. The molecule has 0 spiro atoms. The van der Waals surface area contributed by atoms with Gasteiger partial charge in [0.1, 0.15) is 6.54 Å². The first-order chi connectivity index (χ1) is 17.1. The third-order valence-corrected chi connectivity index (χ3v) is 6.13. The smallest absolute Gasteiger partial charge is 0.340 e. The van der Waals surface area contributed by atoms with E-state index in [4.69, 9.17) is 0 Å². The van der Waals surface area contributed by atoms with Crippen LogP contribution >= 0.6 is 0 Å². The molecule has 0 bridgehead atoms. The van der Waals surface area contributed by atoms with Crippen molar-refractivity contribution in [2.45, 2.75) is 51.0 Å². The molecule has 1 N–H and O–H groups in total. The van der Waals surface area contributed by atoms with Gasteiger partial charge in [-0.2, -0.15) is 18.3 Å². The van der Waals surface area contributed by atoms with Crippen molar-refractivity contribution in [2.24, 2.45) is 0 Å². The van der Waals surface area contributed by atoms with Gasteiger partial charge < -0.3 is 5.32 Å². The summed E-state index contributed by atoms with van der Waals surface area (Å²) >= 11 is 0. The number of amides is 1. The van der Waals surface area contributed by atoms with E-state index in [0.717, 1.165) is 17.3 Å². The summed E-state index contributed by atoms with van der Waals surface area (Å²) in [5, 5.41) is 8.04. The van der Waals surface area contributed by atoms with Crippen LogP contribution in [0, 0.1) is 0 Å². The number of fused-ring (bicyclic) bond motifs is 1. The van der Waals surface area contributed by atoms with Crippen LogP contribution in [0.15, 0.2) is 54.0 Å². The molecule has 0 atom stereocenters. The Balaban J connectivity index is 1.37.